The van der Waals surface area contributed by atoms with Crippen molar-refractivity contribution in [3.8, 4) is 0 Å². The predicted octanol–water partition coefficient (Wildman–Crippen LogP) is 3.53. The van der Waals surface area contributed by atoms with E-state index in [1.54, 1.807) is 29.6 Å². The van der Waals surface area contributed by atoms with Crippen LogP contribution in [0.25, 0.3) is 0 Å². The lowest BCUT2D eigenvalue weighted by atomic mass is 10.2. The minimum absolute atomic E-state index is 0.0978. The van der Waals surface area contributed by atoms with Gasteiger partial charge in [-0.15, -0.1) is 23.5 Å². The smallest absolute Gasteiger partial charge is 0.128 e. The van der Waals surface area contributed by atoms with Gasteiger partial charge < -0.3 is 0 Å². The topological polar surface area (TPSA) is 0 Å². The number of halogens is 1. The maximum Gasteiger partial charge on any atom is 0.128 e. The summed E-state index contributed by atoms with van der Waals surface area (Å²) >= 11 is 3.54. The molecule has 0 unspecified atom stereocenters. The molecule has 69 valence electrons. The van der Waals surface area contributed by atoms with Gasteiger partial charge in [-0.3, -0.25) is 0 Å². The number of hydrogen-bond donors (Lipinski definition) is 0. The van der Waals surface area contributed by atoms with Gasteiger partial charge >= 0.3 is 0 Å². The number of rotatable bonds is 1. The van der Waals surface area contributed by atoms with Crippen LogP contribution in [0.5, 0.6) is 0 Å². The molecule has 0 bridgehead atoms. The Morgan fingerprint density at radius 3 is 2.46 bits per heavy atom. The maximum absolute atomic E-state index is 13.3. The second-order valence-corrected chi connectivity index (χ2v) is 5.29. The van der Waals surface area contributed by atoms with Gasteiger partial charge in [0.05, 0.1) is 0 Å². The first-order chi connectivity index (χ1) is 6.38. The summed E-state index contributed by atoms with van der Waals surface area (Å²) in [7, 11) is 0. The van der Waals surface area contributed by atoms with Gasteiger partial charge in [-0.2, -0.15) is 0 Å². The van der Waals surface area contributed by atoms with E-state index in [4.69, 9.17) is 0 Å². The van der Waals surface area contributed by atoms with Crippen molar-refractivity contribution in [2.24, 2.45) is 0 Å². The predicted molar refractivity (Wildman–Crippen MR) is 58.3 cm³/mol. The molecule has 1 aromatic carbocycles. The lowest BCUT2D eigenvalue weighted by molar-refractivity contribution is 0.621. The van der Waals surface area contributed by atoms with Gasteiger partial charge in [0.1, 0.15) is 10.4 Å². The highest BCUT2D eigenvalue weighted by Crippen LogP contribution is 2.43. The molecule has 0 spiro atoms. The summed E-state index contributed by atoms with van der Waals surface area (Å²) in [5.74, 6) is 2.15. The standard InChI is InChI=1S/C10H10FS2/c11-9-5-2-1-4-8(9)10-12-6-3-7-13-10/h1-2,4-5H,3,6-7H2. The summed E-state index contributed by atoms with van der Waals surface area (Å²) < 4.78 is 14.5. The van der Waals surface area contributed by atoms with Gasteiger partial charge in [0.2, 0.25) is 0 Å². The summed E-state index contributed by atoms with van der Waals surface area (Å²) in [6.45, 7) is 0. The molecule has 1 fully saturated rings. The molecule has 1 radical (unpaired) electrons. The van der Waals surface area contributed by atoms with Crippen molar-refractivity contribution in [3.05, 3.63) is 40.2 Å². The van der Waals surface area contributed by atoms with Crippen LogP contribution >= 0.6 is 23.5 Å². The van der Waals surface area contributed by atoms with Crippen LogP contribution in [-0.4, -0.2) is 11.5 Å². The molecular weight excluding hydrogens is 203 g/mol. The molecule has 13 heavy (non-hydrogen) atoms. The van der Waals surface area contributed by atoms with Crippen molar-refractivity contribution < 1.29 is 4.39 Å². The molecule has 0 saturated carbocycles. The van der Waals surface area contributed by atoms with Crippen molar-refractivity contribution in [1.82, 2.24) is 0 Å². The number of benzene rings is 1. The summed E-state index contributed by atoms with van der Waals surface area (Å²) in [5, 5.41) is 0. The Morgan fingerprint density at radius 2 is 1.77 bits per heavy atom. The third-order valence-electron chi connectivity index (χ3n) is 1.85. The summed E-state index contributed by atoms with van der Waals surface area (Å²) in [4.78, 5) is 0. The Balaban J connectivity index is 2.18. The van der Waals surface area contributed by atoms with Crippen LogP contribution in [0.3, 0.4) is 0 Å². The maximum atomic E-state index is 13.3. The van der Waals surface area contributed by atoms with Crippen LogP contribution in [0.4, 0.5) is 4.39 Å². The van der Waals surface area contributed by atoms with Crippen LogP contribution < -0.4 is 0 Å². The van der Waals surface area contributed by atoms with E-state index in [1.165, 1.54) is 12.5 Å². The third kappa shape index (κ3) is 2.20. The molecule has 0 amide bonds. The van der Waals surface area contributed by atoms with Gasteiger partial charge in [-0.25, -0.2) is 4.39 Å². The van der Waals surface area contributed by atoms with Gasteiger partial charge in [-0.05, 0) is 24.0 Å². The average Bonchev–Trinajstić information content (AvgIpc) is 2.20. The molecule has 3 heteroatoms. The zero-order chi connectivity index (χ0) is 9.10. The normalized spacial score (nSPS) is 18.8. The fraction of sp³-hybridized carbons (Fsp3) is 0.300. The van der Waals surface area contributed by atoms with Crippen molar-refractivity contribution >= 4 is 23.5 Å². The van der Waals surface area contributed by atoms with E-state index in [9.17, 15) is 4.39 Å². The van der Waals surface area contributed by atoms with Crippen LogP contribution in [-0.2, 0) is 0 Å². The zero-order valence-corrected chi connectivity index (χ0v) is 8.76. The van der Waals surface area contributed by atoms with E-state index in [0.717, 1.165) is 21.7 Å². The van der Waals surface area contributed by atoms with Crippen molar-refractivity contribution in [1.29, 1.82) is 0 Å². The average molecular weight is 213 g/mol. The van der Waals surface area contributed by atoms with E-state index < -0.39 is 0 Å². The van der Waals surface area contributed by atoms with Crippen LogP contribution in [0.15, 0.2) is 24.3 Å². The first-order valence-corrected chi connectivity index (χ1v) is 6.22. The van der Waals surface area contributed by atoms with E-state index in [1.807, 2.05) is 12.1 Å². The van der Waals surface area contributed by atoms with Crippen LogP contribution in [0, 0.1) is 10.4 Å². The Hall–Kier alpha value is -0.150. The van der Waals surface area contributed by atoms with Crippen molar-refractivity contribution in [2.75, 3.05) is 11.5 Å². The summed E-state index contributed by atoms with van der Waals surface area (Å²) in [6, 6.07) is 7.01. The molecule has 1 aromatic rings. The van der Waals surface area contributed by atoms with Crippen LogP contribution in [0.1, 0.15) is 12.0 Å². The summed E-state index contributed by atoms with van der Waals surface area (Å²) in [5.41, 5.74) is 0.775. The van der Waals surface area contributed by atoms with E-state index in [2.05, 4.69) is 0 Å². The minimum Gasteiger partial charge on any atom is -0.207 e. The lowest BCUT2D eigenvalue weighted by Gasteiger charge is -2.20. The second kappa shape index (κ2) is 4.38. The fourth-order valence-corrected chi connectivity index (χ4v) is 3.82. The molecule has 2 rings (SSSR count). The molecule has 0 aliphatic carbocycles. The highest BCUT2D eigenvalue weighted by atomic mass is 32.2. The van der Waals surface area contributed by atoms with Crippen molar-refractivity contribution in [3.63, 3.8) is 0 Å². The van der Waals surface area contributed by atoms with Gasteiger partial charge in [0.25, 0.3) is 0 Å². The van der Waals surface area contributed by atoms with E-state index in [-0.39, 0.29) is 5.82 Å². The Morgan fingerprint density at radius 1 is 1.08 bits per heavy atom. The molecule has 0 atom stereocenters. The minimum atomic E-state index is -0.0978. The van der Waals surface area contributed by atoms with Gasteiger partial charge in [0.15, 0.2) is 0 Å². The molecule has 0 aromatic heterocycles. The zero-order valence-electron chi connectivity index (χ0n) is 7.13. The van der Waals surface area contributed by atoms with Gasteiger partial charge in [0, 0.05) is 5.56 Å². The highest BCUT2D eigenvalue weighted by Gasteiger charge is 2.20. The first-order valence-electron chi connectivity index (χ1n) is 4.25. The molecule has 1 heterocycles. The van der Waals surface area contributed by atoms with E-state index in [0.29, 0.717) is 0 Å². The molecule has 0 nitrogen and oxygen atoms in total. The highest BCUT2D eigenvalue weighted by molar-refractivity contribution is 8.21. The molecule has 1 aliphatic heterocycles. The molecule has 1 aliphatic rings. The lowest BCUT2D eigenvalue weighted by Crippen LogP contribution is -2.02. The van der Waals surface area contributed by atoms with Gasteiger partial charge in [-0.1, -0.05) is 18.2 Å². The largest absolute Gasteiger partial charge is 0.207 e. The third-order valence-corrected chi connectivity index (χ3v) is 4.51. The molecular formula is C10H10FS2. The monoisotopic (exact) mass is 213 g/mol. The van der Waals surface area contributed by atoms with E-state index >= 15 is 0 Å². The Bertz CT molecular complexity index is 282. The SMILES string of the molecule is Fc1ccccc1[C]1SCCCS1. The Kier molecular flexibility index (Phi) is 3.17. The van der Waals surface area contributed by atoms with Crippen LogP contribution in [0.2, 0.25) is 0 Å². The fourth-order valence-electron chi connectivity index (χ4n) is 1.21. The first kappa shape index (κ1) is 9.41. The number of hydrogen-bond acceptors (Lipinski definition) is 2. The number of thioether (sulfide) groups is 2. The quantitative estimate of drug-likeness (QED) is 0.700. The van der Waals surface area contributed by atoms with Crippen molar-refractivity contribution in [2.45, 2.75) is 6.42 Å². The second-order valence-electron chi connectivity index (χ2n) is 2.82. The molecule has 1 saturated heterocycles. The molecule has 0 N–H and O–H groups in total. The summed E-state index contributed by atoms with van der Waals surface area (Å²) in [6.07, 6.45) is 1.23. The Labute approximate surface area is 86.3 Å².